The molecule has 0 unspecified atom stereocenters. The molecule has 4 atom stereocenters. The Labute approximate surface area is 308 Å². The van der Waals surface area contributed by atoms with Crippen molar-refractivity contribution in [1.29, 1.82) is 0 Å². The van der Waals surface area contributed by atoms with Crippen LogP contribution in [0.2, 0.25) is 0 Å². The van der Waals surface area contributed by atoms with Gasteiger partial charge in [-0.3, -0.25) is 0 Å². The summed E-state index contributed by atoms with van der Waals surface area (Å²) >= 11 is 0. The average molecular weight is 691 g/mol. The van der Waals surface area contributed by atoms with E-state index in [-0.39, 0.29) is 12.2 Å². The van der Waals surface area contributed by atoms with Crippen LogP contribution in [0.15, 0.2) is 86.0 Å². The normalized spacial score (nSPS) is 13.9. The number of rotatable bonds is 35. The van der Waals surface area contributed by atoms with Crippen LogP contribution in [0.4, 0.5) is 0 Å². The molecule has 0 spiro atoms. The summed E-state index contributed by atoms with van der Waals surface area (Å²) in [7, 11) is 0. The van der Waals surface area contributed by atoms with Crippen LogP contribution in [-0.4, -0.2) is 36.1 Å². The minimum Gasteiger partial charge on any atom is -0.390 e. The van der Waals surface area contributed by atoms with Crippen LogP contribution in [-0.2, 0) is 27.4 Å². The third kappa shape index (κ3) is 22.6. The van der Waals surface area contributed by atoms with E-state index < -0.39 is 12.2 Å². The number of hydrogen-bond acceptors (Lipinski definition) is 4. The zero-order chi connectivity index (χ0) is 35.7. The van der Waals surface area contributed by atoms with Crippen molar-refractivity contribution in [2.45, 2.75) is 186 Å². The third-order valence-electron chi connectivity index (χ3n) is 9.82. The Bertz CT molecular complexity index is 1020. The number of aliphatic hydroxyl groups excluding tert-OH is 1. The molecule has 0 saturated heterocycles. The van der Waals surface area contributed by atoms with Crippen molar-refractivity contribution in [3.05, 3.63) is 97.1 Å². The highest BCUT2D eigenvalue weighted by Crippen LogP contribution is 2.22. The highest BCUT2D eigenvalue weighted by atomic mass is 16.6. The Morgan fingerprint density at radius 2 is 0.980 bits per heavy atom. The van der Waals surface area contributed by atoms with Gasteiger partial charge in [0.05, 0.1) is 25.4 Å². The van der Waals surface area contributed by atoms with Crippen LogP contribution >= 0.6 is 0 Å². The molecule has 0 heterocycles. The van der Waals surface area contributed by atoms with Crippen LogP contribution in [0.3, 0.4) is 0 Å². The fourth-order valence-electron chi connectivity index (χ4n) is 6.63. The van der Waals surface area contributed by atoms with Gasteiger partial charge in [0.2, 0.25) is 0 Å². The molecule has 0 radical (unpaired) electrons. The maximum absolute atomic E-state index is 11.1. The van der Waals surface area contributed by atoms with Gasteiger partial charge in [-0.25, -0.2) is 0 Å². The molecular weight excluding hydrogens is 617 g/mol. The third-order valence-corrected chi connectivity index (χ3v) is 9.82. The topological polar surface area (TPSA) is 47.9 Å². The lowest BCUT2D eigenvalue weighted by molar-refractivity contribution is -0.105. The van der Waals surface area contributed by atoms with E-state index in [1.54, 1.807) is 6.08 Å². The van der Waals surface area contributed by atoms with E-state index in [1.807, 2.05) is 18.2 Å². The molecule has 0 aliphatic rings. The largest absolute Gasteiger partial charge is 0.390 e. The molecule has 0 saturated carbocycles. The van der Waals surface area contributed by atoms with Crippen molar-refractivity contribution in [3.8, 4) is 0 Å². The Morgan fingerprint density at radius 1 is 0.540 bits per heavy atom. The standard InChI is InChI=1S/C46H74O4/c1-4-7-8-9-10-11-15-18-21-30-37-46(49-40-42-34-27-24-28-35-42)45(6-3)50-44(5-2)43(47)36-29-20-17-14-12-13-16-19-22-31-38-48-39-41-32-25-23-26-33-41/h5-6,23-28,32-35,43-47H,2-4,7-22,29-31,36-40H2,1H3/t43-,44+,45+,46+/m0/s1. The molecule has 2 aromatic rings. The summed E-state index contributed by atoms with van der Waals surface area (Å²) in [6, 6.07) is 20.7. The average Bonchev–Trinajstić information content (AvgIpc) is 3.15. The maximum atomic E-state index is 11.1. The molecule has 50 heavy (non-hydrogen) atoms. The summed E-state index contributed by atoms with van der Waals surface area (Å²) in [6.07, 6.45) is 29.2. The van der Waals surface area contributed by atoms with Gasteiger partial charge in [0.15, 0.2) is 0 Å². The summed E-state index contributed by atoms with van der Waals surface area (Å²) in [6.45, 7) is 12.5. The quantitative estimate of drug-likeness (QED) is 0.0578. The first kappa shape index (κ1) is 43.9. The highest BCUT2D eigenvalue weighted by molar-refractivity contribution is 5.14. The zero-order valence-electron chi connectivity index (χ0n) is 32.0. The fourth-order valence-corrected chi connectivity index (χ4v) is 6.63. The monoisotopic (exact) mass is 691 g/mol. The number of benzene rings is 2. The number of aliphatic hydroxyl groups is 1. The second-order valence-electron chi connectivity index (χ2n) is 14.3. The minimum absolute atomic E-state index is 0.107. The second-order valence-corrected chi connectivity index (χ2v) is 14.3. The van der Waals surface area contributed by atoms with Crippen molar-refractivity contribution < 1.29 is 19.3 Å². The molecule has 2 aromatic carbocycles. The van der Waals surface area contributed by atoms with E-state index in [0.29, 0.717) is 6.61 Å². The molecule has 2 rings (SSSR count). The van der Waals surface area contributed by atoms with Crippen LogP contribution in [0.25, 0.3) is 0 Å². The van der Waals surface area contributed by atoms with Crippen molar-refractivity contribution in [2.24, 2.45) is 0 Å². The zero-order valence-corrected chi connectivity index (χ0v) is 32.0. The van der Waals surface area contributed by atoms with Crippen molar-refractivity contribution in [2.75, 3.05) is 6.61 Å². The first-order valence-electron chi connectivity index (χ1n) is 20.5. The molecule has 0 aliphatic carbocycles. The highest BCUT2D eigenvalue weighted by Gasteiger charge is 2.26. The summed E-state index contributed by atoms with van der Waals surface area (Å²) in [5, 5.41) is 11.1. The van der Waals surface area contributed by atoms with Crippen LogP contribution in [0.1, 0.15) is 159 Å². The van der Waals surface area contributed by atoms with Gasteiger partial charge >= 0.3 is 0 Å². The number of ether oxygens (including phenoxy) is 3. The molecule has 1 N–H and O–H groups in total. The molecule has 4 nitrogen and oxygen atoms in total. The summed E-state index contributed by atoms with van der Waals surface area (Å²) in [5.41, 5.74) is 2.41. The van der Waals surface area contributed by atoms with Gasteiger partial charge in [-0.1, -0.05) is 202 Å². The minimum atomic E-state index is -0.571. The van der Waals surface area contributed by atoms with Gasteiger partial charge in [0.1, 0.15) is 12.2 Å². The lowest BCUT2D eigenvalue weighted by Crippen LogP contribution is -2.37. The van der Waals surface area contributed by atoms with E-state index in [1.165, 1.54) is 108 Å². The first-order chi connectivity index (χ1) is 24.7. The number of unbranched alkanes of at least 4 members (excludes halogenated alkanes) is 18. The van der Waals surface area contributed by atoms with Crippen LogP contribution in [0.5, 0.6) is 0 Å². The van der Waals surface area contributed by atoms with Gasteiger partial charge in [0, 0.05) is 6.61 Å². The Hall–Kier alpha value is -2.24. The van der Waals surface area contributed by atoms with Crippen molar-refractivity contribution in [3.63, 3.8) is 0 Å². The maximum Gasteiger partial charge on any atom is 0.102 e. The first-order valence-corrected chi connectivity index (χ1v) is 20.5. The molecule has 0 fully saturated rings. The Morgan fingerprint density at radius 3 is 1.48 bits per heavy atom. The summed E-state index contributed by atoms with van der Waals surface area (Å²) in [5.74, 6) is 0. The van der Waals surface area contributed by atoms with Crippen LogP contribution < -0.4 is 0 Å². The van der Waals surface area contributed by atoms with Gasteiger partial charge in [-0.15, -0.1) is 13.2 Å². The second kappa shape index (κ2) is 31.5. The van der Waals surface area contributed by atoms with Crippen molar-refractivity contribution >= 4 is 0 Å². The Kier molecular flexibility index (Phi) is 27.7. The van der Waals surface area contributed by atoms with Crippen molar-refractivity contribution in [1.82, 2.24) is 0 Å². The molecule has 0 amide bonds. The molecule has 0 bridgehead atoms. The molecule has 282 valence electrons. The lowest BCUT2D eigenvalue weighted by atomic mass is 10.0. The van der Waals surface area contributed by atoms with E-state index in [2.05, 4.69) is 68.6 Å². The Balaban J connectivity index is 1.60. The predicted octanol–water partition coefficient (Wildman–Crippen LogP) is 12.9. The smallest absolute Gasteiger partial charge is 0.102 e. The molecule has 0 aromatic heterocycles. The van der Waals surface area contributed by atoms with E-state index in [0.717, 1.165) is 57.3 Å². The van der Waals surface area contributed by atoms with Gasteiger partial charge in [0.25, 0.3) is 0 Å². The molecule has 4 heteroatoms. The molecular formula is C46H74O4. The van der Waals surface area contributed by atoms with Gasteiger partial charge < -0.3 is 19.3 Å². The van der Waals surface area contributed by atoms with Gasteiger partial charge in [-0.05, 0) is 30.4 Å². The van der Waals surface area contributed by atoms with Gasteiger partial charge in [-0.2, -0.15) is 0 Å². The summed E-state index contributed by atoms with van der Waals surface area (Å²) < 4.78 is 18.7. The van der Waals surface area contributed by atoms with E-state index in [4.69, 9.17) is 14.2 Å². The fraction of sp³-hybridized carbons (Fsp3) is 0.652. The molecule has 0 aliphatic heterocycles. The predicted molar refractivity (Wildman–Crippen MR) is 213 cm³/mol. The summed E-state index contributed by atoms with van der Waals surface area (Å²) in [4.78, 5) is 0. The SMILES string of the molecule is C=C[C@@H](O[C@H](C=C)[C@@H](CCCCCCCCCCCC)OCc1ccccc1)[C@@H](O)CCCCCCCCCCCCOCc1ccccc1. The number of hydrogen-bond donors (Lipinski definition) is 1. The van der Waals surface area contributed by atoms with Crippen LogP contribution in [0, 0.1) is 0 Å². The lowest BCUT2D eigenvalue weighted by Gasteiger charge is -2.30. The van der Waals surface area contributed by atoms with E-state index in [9.17, 15) is 5.11 Å². The van der Waals surface area contributed by atoms with E-state index >= 15 is 0 Å².